The Kier molecular flexibility index (Phi) is 3.94. The molecule has 0 aliphatic carbocycles. The SMILES string of the molecule is Cc1cc(N)cc(C(=O)NCCc2cscn2)c1. The molecule has 0 bridgehead atoms. The molecule has 0 radical (unpaired) electrons. The molecule has 2 rings (SSSR count). The van der Waals surface area contributed by atoms with Gasteiger partial charge in [-0.3, -0.25) is 4.79 Å². The molecular weight excluding hydrogens is 246 g/mol. The van der Waals surface area contributed by atoms with E-state index in [4.69, 9.17) is 5.73 Å². The van der Waals surface area contributed by atoms with Gasteiger partial charge in [-0.15, -0.1) is 11.3 Å². The van der Waals surface area contributed by atoms with E-state index in [9.17, 15) is 4.79 Å². The maximum absolute atomic E-state index is 11.9. The zero-order valence-electron chi connectivity index (χ0n) is 10.1. The van der Waals surface area contributed by atoms with E-state index in [0.717, 1.165) is 17.7 Å². The number of carbonyl (C=O) groups excluding carboxylic acids is 1. The summed E-state index contributed by atoms with van der Waals surface area (Å²) in [6.07, 6.45) is 0.747. The Labute approximate surface area is 110 Å². The van der Waals surface area contributed by atoms with E-state index in [0.29, 0.717) is 17.8 Å². The summed E-state index contributed by atoms with van der Waals surface area (Å²) >= 11 is 1.56. The Balaban J connectivity index is 1.91. The maximum atomic E-state index is 11.9. The number of thiazole rings is 1. The van der Waals surface area contributed by atoms with Crippen molar-refractivity contribution in [2.45, 2.75) is 13.3 Å². The molecule has 0 fully saturated rings. The van der Waals surface area contributed by atoms with Crippen LogP contribution in [-0.4, -0.2) is 17.4 Å². The maximum Gasteiger partial charge on any atom is 0.251 e. The molecule has 94 valence electrons. The van der Waals surface area contributed by atoms with E-state index in [1.165, 1.54) is 0 Å². The average Bonchev–Trinajstić information content (AvgIpc) is 2.80. The van der Waals surface area contributed by atoms with Crippen molar-refractivity contribution in [2.75, 3.05) is 12.3 Å². The van der Waals surface area contributed by atoms with Crippen LogP contribution in [0.15, 0.2) is 29.1 Å². The number of hydrogen-bond donors (Lipinski definition) is 2. The fraction of sp³-hybridized carbons (Fsp3) is 0.231. The lowest BCUT2D eigenvalue weighted by atomic mass is 10.1. The van der Waals surface area contributed by atoms with Gasteiger partial charge < -0.3 is 11.1 Å². The number of aromatic nitrogens is 1. The largest absolute Gasteiger partial charge is 0.399 e. The highest BCUT2D eigenvalue weighted by molar-refractivity contribution is 7.07. The van der Waals surface area contributed by atoms with Crippen LogP contribution in [0.2, 0.25) is 0 Å². The number of nitrogens with zero attached hydrogens (tertiary/aromatic N) is 1. The summed E-state index contributed by atoms with van der Waals surface area (Å²) < 4.78 is 0. The van der Waals surface area contributed by atoms with Gasteiger partial charge in [0.2, 0.25) is 0 Å². The molecule has 5 heteroatoms. The highest BCUT2D eigenvalue weighted by Crippen LogP contribution is 2.11. The fourth-order valence-electron chi connectivity index (χ4n) is 1.71. The fourth-order valence-corrected chi connectivity index (χ4v) is 2.30. The second kappa shape index (κ2) is 5.64. The molecule has 3 N–H and O–H groups in total. The van der Waals surface area contributed by atoms with E-state index >= 15 is 0 Å². The van der Waals surface area contributed by atoms with Crippen LogP contribution >= 0.6 is 11.3 Å². The number of benzene rings is 1. The smallest absolute Gasteiger partial charge is 0.251 e. The van der Waals surface area contributed by atoms with Crippen molar-refractivity contribution in [2.24, 2.45) is 0 Å². The molecule has 4 nitrogen and oxygen atoms in total. The Hall–Kier alpha value is -1.88. The van der Waals surface area contributed by atoms with Gasteiger partial charge in [0.15, 0.2) is 0 Å². The molecule has 1 amide bonds. The zero-order valence-corrected chi connectivity index (χ0v) is 11.0. The van der Waals surface area contributed by atoms with Crippen molar-refractivity contribution in [3.63, 3.8) is 0 Å². The third-order valence-electron chi connectivity index (χ3n) is 2.51. The van der Waals surface area contributed by atoms with Crippen molar-refractivity contribution in [3.05, 3.63) is 45.9 Å². The third kappa shape index (κ3) is 3.30. The number of nitrogens with two attached hydrogens (primary N) is 1. The lowest BCUT2D eigenvalue weighted by molar-refractivity contribution is 0.0954. The molecule has 1 heterocycles. The second-order valence-electron chi connectivity index (χ2n) is 4.12. The highest BCUT2D eigenvalue weighted by Gasteiger charge is 2.06. The minimum atomic E-state index is -0.0966. The van der Waals surface area contributed by atoms with Crippen LogP contribution < -0.4 is 11.1 Å². The Morgan fingerprint density at radius 3 is 2.94 bits per heavy atom. The van der Waals surface area contributed by atoms with Gasteiger partial charge in [-0.2, -0.15) is 0 Å². The van der Waals surface area contributed by atoms with Crippen LogP contribution in [0.1, 0.15) is 21.6 Å². The second-order valence-corrected chi connectivity index (χ2v) is 4.84. The Morgan fingerprint density at radius 2 is 2.28 bits per heavy atom. The van der Waals surface area contributed by atoms with Gasteiger partial charge in [0.05, 0.1) is 11.2 Å². The van der Waals surface area contributed by atoms with E-state index < -0.39 is 0 Å². The van der Waals surface area contributed by atoms with E-state index in [-0.39, 0.29) is 5.91 Å². The minimum absolute atomic E-state index is 0.0966. The molecule has 1 aromatic heterocycles. The van der Waals surface area contributed by atoms with Crippen molar-refractivity contribution in [1.29, 1.82) is 0 Å². The predicted molar refractivity (Wildman–Crippen MR) is 73.7 cm³/mol. The molecule has 0 unspecified atom stereocenters. The molecular formula is C13H15N3OS. The van der Waals surface area contributed by atoms with E-state index in [1.54, 1.807) is 22.9 Å². The van der Waals surface area contributed by atoms with Crippen LogP contribution in [0.3, 0.4) is 0 Å². The summed E-state index contributed by atoms with van der Waals surface area (Å²) in [5.41, 5.74) is 10.7. The number of amides is 1. The van der Waals surface area contributed by atoms with Gasteiger partial charge in [0, 0.05) is 29.6 Å². The first-order chi connectivity index (χ1) is 8.65. The lowest BCUT2D eigenvalue weighted by Gasteiger charge is -2.06. The number of nitrogens with one attached hydrogen (secondary N) is 1. The van der Waals surface area contributed by atoms with Crippen LogP contribution in [0.4, 0.5) is 5.69 Å². The first-order valence-corrected chi connectivity index (χ1v) is 6.62. The summed E-state index contributed by atoms with van der Waals surface area (Å²) in [5, 5.41) is 4.84. The number of anilines is 1. The first kappa shape index (κ1) is 12.6. The molecule has 0 saturated heterocycles. The van der Waals surface area contributed by atoms with Crippen LogP contribution in [0.5, 0.6) is 0 Å². The summed E-state index contributed by atoms with van der Waals surface area (Å²) in [7, 11) is 0. The van der Waals surface area contributed by atoms with Crippen molar-refractivity contribution >= 4 is 22.9 Å². The topological polar surface area (TPSA) is 68.0 Å². The van der Waals surface area contributed by atoms with E-state index in [1.807, 2.05) is 24.4 Å². The van der Waals surface area contributed by atoms with Gasteiger partial charge in [0.1, 0.15) is 0 Å². The quantitative estimate of drug-likeness (QED) is 0.827. The van der Waals surface area contributed by atoms with Gasteiger partial charge in [-0.05, 0) is 30.7 Å². The van der Waals surface area contributed by atoms with Crippen molar-refractivity contribution in [3.8, 4) is 0 Å². The van der Waals surface area contributed by atoms with Crippen LogP contribution in [0, 0.1) is 6.92 Å². The molecule has 0 aliphatic heterocycles. The summed E-state index contributed by atoms with van der Waals surface area (Å²) in [4.78, 5) is 16.1. The average molecular weight is 261 g/mol. The van der Waals surface area contributed by atoms with Gasteiger partial charge in [-0.1, -0.05) is 0 Å². The monoisotopic (exact) mass is 261 g/mol. The molecule has 1 aromatic carbocycles. The number of aryl methyl sites for hydroxylation is 1. The number of rotatable bonds is 4. The molecule has 0 spiro atoms. The molecule has 0 saturated carbocycles. The molecule has 0 atom stereocenters. The molecule has 18 heavy (non-hydrogen) atoms. The molecule has 0 aliphatic rings. The van der Waals surface area contributed by atoms with Crippen LogP contribution in [0.25, 0.3) is 0 Å². The van der Waals surface area contributed by atoms with E-state index in [2.05, 4.69) is 10.3 Å². The summed E-state index contributed by atoms with van der Waals surface area (Å²) in [6.45, 7) is 2.50. The number of hydrogen-bond acceptors (Lipinski definition) is 4. The van der Waals surface area contributed by atoms with Gasteiger partial charge in [0.25, 0.3) is 5.91 Å². The highest BCUT2D eigenvalue weighted by atomic mass is 32.1. The predicted octanol–water partition coefficient (Wildman–Crippen LogP) is 2.01. The Morgan fingerprint density at radius 1 is 1.44 bits per heavy atom. The summed E-state index contributed by atoms with van der Waals surface area (Å²) in [5.74, 6) is -0.0966. The first-order valence-electron chi connectivity index (χ1n) is 5.67. The number of carbonyl (C=O) groups is 1. The van der Waals surface area contributed by atoms with Gasteiger partial charge >= 0.3 is 0 Å². The van der Waals surface area contributed by atoms with Crippen LogP contribution in [-0.2, 0) is 6.42 Å². The molecule has 2 aromatic rings. The van der Waals surface area contributed by atoms with Crippen molar-refractivity contribution < 1.29 is 4.79 Å². The normalized spacial score (nSPS) is 10.3. The summed E-state index contributed by atoms with van der Waals surface area (Å²) in [6, 6.07) is 5.35. The third-order valence-corrected chi connectivity index (χ3v) is 3.15. The zero-order chi connectivity index (χ0) is 13.0. The standard InChI is InChI=1S/C13H15N3OS/c1-9-4-10(6-11(14)5-9)13(17)15-3-2-12-7-18-8-16-12/h4-8H,2-3,14H2,1H3,(H,15,17). The van der Waals surface area contributed by atoms with Gasteiger partial charge in [-0.25, -0.2) is 4.98 Å². The van der Waals surface area contributed by atoms with Crippen molar-refractivity contribution in [1.82, 2.24) is 10.3 Å². The lowest BCUT2D eigenvalue weighted by Crippen LogP contribution is -2.25. The minimum Gasteiger partial charge on any atom is -0.399 e. The Bertz CT molecular complexity index is 517. The number of nitrogen functional groups attached to an aromatic ring is 1.